The number of methoxy groups -OCH3 is 1. The number of thiophene rings is 1. The number of nitrogens with zero attached hydrogens (tertiary/aromatic N) is 2. The first kappa shape index (κ1) is 16.3. The van der Waals surface area contributed by atoms with Crippen molar-refractivity contribution in [2.75, 3.05) is 26.0 Å². The number of thiazole rings is 1. The number of benzene rings is 1. The van der Waals surface area contributed by atoms with Gasteiger partial charge in [-0.2, -0.15) is 0 Å². The summed E-state index contributed by atoms with van der Waals surface area (Å²) < 4.78 is 6.40. The number of aromatic nitrogens is 1. The standard InChI is InChI=1S/C17H18N4O2S2/c1-21-7-6-9-12(8-21)24-16(13(9)15(18)22)20-17-19-14-10(23-2)4-3-5-11(14)25-17/h3-5H,6-8H2,1-2H3,(H2,18,22)(H,19,20). The number of anilines is 2. The maximum absolute atomic E-state index is 12.0. The molecule has 130 valence electrons. The monoisotopic (exact) mass is 374 g/mol. The van der Waals surface area contributed by atoms with Gasteiger partial charge in [-0.05, 0) is 31.2 Å². The Labute approximate surface area is 153 Å². The van der Waals surface area contributed by atoms with Crippen LogP contribution in [0, 0.1) is 0 Å². The summed E-state index contributed by atoms with van der Waals surface area (Å²) in [6.07, 6.45) is 0.843. The Balaban J connectivity index is 1.75. The van der Waals surface area contributed by atoms with E-state index in [0.29, 0.717) is 5.56 Å². The molecule has 3 heterocycles. The Hall–Kier alpha value is -2.16. The van der Waals surface area contributed by atoms with E-state index >= 15 is 0 Å². The molecule has 4 rings (SSSR count). The van der Waals surface area contributed by atoms with Gasteiger partial charge in [-0.25, -0.2) is 4.98 Å². The largest absolute Gasteiger partial charge is 0.494 e. The van der Waals surface area contributed by atoms with Crippen LogP contribution in [0.15, 0.2) is 18.2 Å². The molecule has 1 aromatic carbocycles. The molecule has 25 heavy (non-hydrogen) atoms. The molecule has 2 aromatic heterocycles. The quantitative estimate of drug-likeness (QED) is 0.733. The lowest BCUT2D eigenvalue weighted by molar-refractivity contribution is 0.1000. The lowest BCUT2D eigenvalue weighted by Gasteiger charge is -2.22. The van der Waals surface area contributed by atoms with E-state index in [9.17, 15) is 4.79 Å². The Morgan fingerprint density at radius 3 is 3.00 bits per heavy atom. The zero-order valence-corrected chi connectivity index (χ0v) is 15.6. The van der Waals surface area contributed by atoms with Gasteiger partial charge in [-0.3, -0.25) is 4.79 Å². The van der Waals surface area contributed by atoms with Crippen LogP contribution in [0.5, 0.6) is 5.75 Å². The number of ether oxygens (including phenoxy) is 1. The smallest absolute Gasteiger partial charge is 0.251 e. The first-order chi connectivity index (χ1) is 12.1. The van der Waals surface area contributed by atoms with E-state index in [4.69, 9.17) is 10.5 Å². The molecule has 3 N–H and O–H groups in total. The number of primary amides is 1. The Morgan fingerprint density at radius 1 is 1.40 bits per heavy atom. The molecule has 1 amide bonds. The van der Waals surface area contributed by atoms with E-state index in [1.165, 1.54) is 16.2 Å². The van der Waals surface area contributed by atoms with E-state index in [2.05, 4.69) is 22.2 Å². The number of hydrogen-bond donors (Lipinski definition) is 2. The van der Waals surface area contributed by atoms with Gasteiger partial charge < -0.3 is 20.7 Å². The van der Waals surface area contributed by atoms with Crippen molar-refractivity contribution >= 4 is 48.9 Å². The molecule has 0 unspecified atom stereocenters. The van der Waals surface area contributed by atoms with Crippen molar-refractivity contribution in [3.05, 3.63) is 34.2 Å². The zero-order valence-electron chi connectivity index (χ0n) is 14.0. The molecule has 1 aliphatic rings. The van der Waals surface area contributed by atoms with Gasteiger partial charge in [0.05, 0.1) is 17.4 Å². The van der Waals surface area contributed by atoms with Crippen molar-refractivity contribution in [2.24, 2.45) is 5.73 Å². The average molecular weight is 374 g/mol. The van der Waals surface area contributed by atoms with Crippen LogP contribution in [0.2, 0.25) is 0 Å². The predicted octanol–water partition coefficient (Wildman–Crippen LogP) is 3.20. The van der Waals surface area contributed by atoms with Gasteiger partial charge in [0.25, 0.3) is 5.91 Å². The topological polar surface area (TPSA) is 80.5 Å². The van der Waals surface area contributed by atoms with Crippen LogP contribution in [-0.4, -0.2) is 36.5 Å². The number of fused-ring (bicyclic) bond motifs is 2. The van der Waals surface area contributed by atoms with E-state index in [-0.39, 0.29) is 5.91 Å². The van der Waals surface area contributed by atoms with E-state index in [1.807, 2.05) is 18.2 Å². The molecule has 0 bridgehead atoms. The fraction of sp³-hybridized carbons (Fsp3) is 0.294. The predicted molar refractivity (Wildman–Crippen MR) is 102 cm³/mol. The summed E-state index contributed by atoms with van der Waals surface area (Å²) in [4.78, 5) is 20.1. The first-order valence-electron chi connectivity index (χ1n) is 7.90. The summed E-state index contributed by atoms with van der Waals surface area (Å²) in [5, 5.41) is 4.83. The van der Waals surface area contributed by atoms with Crippen LogP contribution in [0.3, 0.4) is 0 Å². The molecule has 0 radical (unpaired) electrons. The number of hydrogen-bond acceptors (Lipinski definition) is 7. The van der Waals surface area contributed by atoms with Gasteiger partial charge in [0.1, 0.15) is 16.3 Å². The summed E-state index contributed by atoms with van der Waals surface area (Å²) >= 11 is 3.12. The van der Waals surface area contributed by atoms with Crippen molar-refractivity contribution in [2.45, 2.75) is 13.0 Å². The first-order valence-corrected chi connectivity index (χ1v) is 9.53. The van der Waals surface area contributed by atoms with E-state index in [0.717, 1.165) is 51.2 Å². The third kappa shape index (κ3) is 2.86. The summed E-state index contributed by atoms with van der Waals surface area (Å²) in [6, 6.07) is 5.84. The molecule has 0 saturated heterocycles. The highest BCUT2D eigenvalue weighted by Gasteiger charge is 2.26. The van der Waals surface area contributed by atoms with Gasteiger partial charge >= 0.3 is 0 Å². The second kappa shape index (κ2) is 6.29. The highest BCUT2D eigenvalue weighted by atomic mass is 32.1. The van der Waals surface area contributed by atoms with Gasteiger partial charge in [0.2, 0.25) is 0 Å². The van der Waals surface area contributed by atoms with Crippen molar-refractivity contribution in [1.82, 2.24) is 9.88 Å². The van der Waals surface area contributed by atoms with Crippen molar-refractivity contribution in [3.8, 4) is 5.75 Å². The van der Waals surface area contributed by atoms with Gasteiger partial charge in [-0.15, -0.1) is 11.3 Å². The van der Waals surface area contributed by atoms with Crippen LogP contribution in [0.25, 0.3) is 10.2 Å². The molecular formula is C17H18N4O2S2. The molecule has 1 aliphatic heterocycles. The minimum absolute atomic E-state index is 0.386. The van der Waals surface area contributed by atoms with Crippen LogP contribution in [0.4, 0.5) is 10.1 Å². The van der Waals surface area contributed by atoms with Crippen LogP contribution in [-0.2, 0) is 13.0 Å². The average Bonchev–Trinajstić information content (AvgIpc) is 3.14. The summed E-state index contributed by atoms with van der Waals surface area (Å²) in [5.74, 6) is 0.354. The Morgan fingerprint density at radius 2 is 2.24 bits per heavy atom. The fourth-order valence-electron chi connectivity index (χ4n) is 3.12. The number of nitrogens with one attached hydrogen (secondary N) is 1. The highest BCUT2D eigenvalue weighted by Crippen LogP contribution is 2.40. The third-order valence-corrected chi connectivity index (χ3v) is 6.38. The Bertz CT molecular complexity index is 963. The number of rotatable bonds is 4. The number of carbonyl (C=O) groups excluding carboxylic acids is 1. The van der Waals surface area contributed by atoms with Crippen LogP contribution >= 0.6 is 22.7 Å². The molecule has 0 spiro atoms. The third-order valence-electron chi connectivity index (χ3n) is 4.32. The van der Waals surface area contributed by atoms with Crippen molar-refractivity contribution in [3.63, 3.8) is 0 Å². The molecular weight excluding hydrogens is 356 g/mol. The van der Waals surface area contributed by atoms with E-state index < -0.39 is 0 Å². The number of carbonyl (C=O) groups is 1. The normalized spacial score (nSPS) is 14.5. The molecule has 8 heteroatoms. The lowest BCUT2D eigenvalue weighted by atomic mass is 10.0. The number of likely N-dealkylation sites (N-methyl/N-ethyl adjacent to an activating group) is 1. The summed E-state index contributed by atoms with van der Waals surface area (Å²) in [7, 11) is 3.72. The van der Waals surface area contributed by atoms with Crippen molar-refractivity contribution < 1.29 is 9.53 Å². The summed E-state index contributed by atoms with van der Waals surface area (Å²) in [6.45, 7) is 1.78. The van der Waals surface area contributed by atoms with Crippen LogP contribution < -0.4 is 15.8 Å². The van der Waals surface area contributed by atoms with Crippen molar-refractivity contribution in [1.29, 1.82) is 0 Å². The second-order valence-corrected chi connectivity index (χ2v) is 8.15. The minimum atomic E-state index is -0.386. The molecule has 0 fully saturated rings. The zero-order chi connectivity index (χ0) is 17.6. The van der Waals surface area contributed by atoms with Gasteiger partial charge in [-0.1, -0.05) is 17.4 Å². The SMILES string of the molecule is COc1cccc2sc(Nc3sc4c(c3C(N)=O)CCN(C)C4)nc12. The fourth-order valence-corrected chi connectivity index (χ4v) is 5.40. The number of amides is 1. The molecule has 3 aromatic rings. The van der Waals surface area contributed by atoms with Gasteiger partial charge in [0, 0.05) is 18.0 Å². The maximum atomic E-state index is 12.0. The highest BCUT2D eigenvalue weighted by molar-refractivity contribution is 7.23. The molecule has 0 atom stereocenters. The maximum Gasteiger partial charge on any atom is 0.251 e. The molecule has 0 aliphatic carbocycles. The molecule has 0 saturated carbocycles. The van der Waals surface area contributed by atoms with E-state index in [1.54, 1.807) is 18.4 Å². The number of para-hydroxylation sites is 1. The lowest BCUT2D eigenvalue weighted by Crippen LogP contribution is -2.27. The molecule has 6 nitrogen and oxygen atoms in total. The minimum Gasteiger partial charge on any atom is -0.494 e. The second-order valence-electron chi connectivity index (χ2n) is 6.01. The van der Waals surface area contributed by atoms with Crippen LogP contribution in [0.1, 0.15) is 20.8 Å². The Kier molecular flexibility index (Phi) is 4.10. The summed E-state index contributed by atoms with van der Waals surface area (Å²) in [5.41, 5.74) is 8.18. The number of nitrogens with two attached hydrogens (primary N) is 1. The van der Waals surface area contributed by atoms with Gasteiger partial charge in [0.15, 0.2) is 5.13 Å².